The second-order valence-corrected chi connectivity index (χ2v) is 2.18. The minimum Gasteiger partial charge on any atom is -0.371 e. The summed E-state index contributed by atoms with van der Waals surface area (Å²) in [6, 6.07) is 0. The summed E-state index contributed by atoms with van der Waals surface area (Å²) in [6.45, 7) is 0. The Kier molecular flexibility index (Phi) is 2.38. The molecule has 0 bridgehead atoms. The monoisotopic (exact) mass is 171 g/mol. The van der Waals surface area contributed by atoms with E-state index in [4.69, 9.17) is 11.6 Å². The highest BCUT2D eigenvalue weighted by atomic mass is 35.5. The van der Waals surface area contributed by atoms with Gasteiger partial charge in [-0.1, -0.05) is 11.6 Å². The summed E-state index contributed by atoms with van der Waals surface area (Å²) in [5.41, 5.74) is 0.261. The van der Waals surface area contributed by atoms with Gasteiger partial charge in [0.1, 0.15) is 10.8 Å². The maximum absolute atomic E-state index is 10.3. The van der Waals surface area contributed by atoms with E-state index in [0.717, 1.165) is 0 Å². The van der Waals surface area contributed by atoms with E-state index in [1.165, 1.54) is 6.20 Å². The molecule has 0 aromatic carbocycles. The van der Waals surface area contributed by atoms with E-state index >= 15 is 0 Å². The smallest absolute Gasteiger partial charge is 0.172 e. The molecule has 0 amide bonds. The second-order valence-electron chi connectivity index (χ2n) is 1.79. The van der Waals surface area contributed by atoms with Crippen LogP contribution in [0.15, 0.2) is 6.20 Å². The van der Waals surface area contributed by atoms with Crippen molar-refractivity contribution in [2.24, 2.45) is 0 Å². The van der Waals surface area contributed by atoms with Crippen molar-refractivity contribution in [2.45, 2.75) is 0 Å². The summed E-state index contributed by atoms with van der Waals surface area (Å²) in [4.78, 5) is 17.9. The van der Waals surface area contributed by atoms with Crippen LogP contribution in [0.4, 0.5) is 5.82 Å². The van der Waals surface area contributed by atoms with Crippen LogP contribution in [0.2, 0.25) is 5.15 Å². The number of carbonyl (C=O) groups is 1. The zero-order chi connectivity index (χ0) is 8.27. The number of aldehydes is 1. The molecular formula is C6H6ClN3O. The van der Waals surface area contributed by atoms with Crippen LogP contribution in [0.25, 0.3) is 0 Å². The molecule has 0 atom stereocenters. The molecule has 0 unspecified atom stereocenters. The van der Waals surface area contributed by atoms with Gasteiger partial charge in [-0.3, -0.25) is 4.79 Å². The van der Waals surface area contributed by atoms with E-state index in [0.29, 0.717) is 12.1 Å². The van der Waals surface area contributed by atoms with Gasteiger partial charge in [0, 0.05) is 7.05 Å². The Morgan fingerprint density at radius 1 is 1.73 bits per heavy atom. The third kappa shape index (κ3) is 1.65. The van der Waals surface area contributed by atoms with Crippen LogP contribution >= 0.6 is 11.6 Å². The zero-order valence-electron chi connectivity index (χ0n) is 5.84. The van der Waals surface area contributed by atoms with Gasteiger partial charge >= 0.3 is 0 Å². The highest BCUT2D eigenvalue weighted by Crippen LogP contribution is 2.10. The number of hydrogen-bond donors (Lipinski definition) is 1. The largest absolute Gasteiger partial charge is 0.371 e. The number of anilines is 1. The first-order chi connectivity index (χ1) is 5.27. The standard InChI is InChI=1S/C6H6ClN3O/c1-8-6-4(3-11)9-2-5(7)10-6/h2-3H,1H3,(H,8,10). The summed E-state index contributed by atoms with van der Waals surface area (Å²) in [5, 5.41) is 2.96. The van der Waals surface area contributed by atoms with Crippen molar-refractivity contribution in [1.29, 1.82) is 0 Å². The lowest BCUT2D eigenvalue weighted by molar-refractivity contribution is 0.111. The molecule has 1 aromatic rings. The van der Waals surface area contributed by atoms with Gasteiger partial charge in [0.2, 0.25) is 0 Å². The minimum absolute atomic E-state index is 0.261. The fourth-order valence-electron chi connectivity index (χ4n) is 0.647. The molecule has 1 heterocycles. The van der Waals surface area contributed by atoms with Crippen LogP contribution in [0.3, 0.4) is 0 Å². The predicted octanol–water partition coefficient (Wildman–Crippen LogP) is 0.984. The molecule has 1 rings (SSSR count). The molecule has 58 valence electrons. The second kappa shape index (κ2) is 3.30. The van der Waals surface area contributed by atoms with Gasteiger partial charge in [0.25, 0.3) is 0 Å². The fourth-order valence-corrected chi connectivity index (χ4v) is 0.780. The van der Waals surface area contributed by atoms with Crippen molar-refractivity contribution < 1.29 is 4.79 Å². The molecule has 4 nitrogen and oxygen atoms in total. The number of nitrogens with one attached hydrogen (secondary N) is 1. The number of halogens is 1. The summed E-state index contributed by atoms with van der Waals surface area (Å²) in [5.74, 6) is 0.396. The van der Waals surface area contributed by atoms with Crippen LogP contribution < -0.4 is 5.32 Å². The van der Waals surface area contributed by atoms with Crippen molar-refractivity contribution in [3.05, 3.63) is 17.0 Å². The number of nitrogens with zero attached hydrogens (tertiary/aromatic N) is 2. The third-order valence-electron chi connectivity index (χ3n) is 1.12. The Hall–Kier alpha value is -1.16. The fraction of sp³-hybridized carbons (Fsp3) is 0.167. The summed E-state index contributed by atoms with van der Waals surface area (Å²) in [7, 11) is 1.65. The Labute approximate surface area is 68.6 Å². The Bertz CT molecular complexity index is 277. The van der Waals surface area contributed by atoms with Crippen LogP contribution in [0.1, 0.15) is 10.5 Å². The molecule has 0 aliphatic rings. The molecule has 5 heteroatoms. The molecule has 1 aromatic heterocycles. The van der Waals surface area contributed by atoms with Crippen molar-refractivity contribution in [3.63, 3.8) is 0 Å². The highest BCUT2D eigenvalue weighted by molar-refractivity contribution is 6.29. The van der Waals surface area contributed by atoms with Gasteiger partial charge in [-0.25, -0.2) is 9.97 Å². The Balaban J connectivity index is 3.16. The molecule has 0 saturated carbocycles. The van der Waals surface area contributed by atoms with E-state index in [1.807, 2.05) is 0 Å². The van der Waals surface area contributed by atoms with Crippen LogP contribution in [0, 0.1) is 0 Å². The van der Waals surface area contributed by atoms with Gasteiger partial charge < -0.3 is 5.32 Å². The maximum Gasteiger partial charge on any atom is 0.172 e. The number of rotatable bonds is 2. The van der Waals surface area contributed by atoms with Crippen LogP contribution in [-0.4, -0.2) is 23.3 Å². The predicted molar refractivity (Wildman–Crippen MR) is 42.0 cm³/mol. The first kappa shape index (κ1) is 7.94. The topological polar surface area (TPSA) is 54.9 Å². The van der Waals surface area contributed by atoms with E-state index in [1.54, 1.807) is 7.05 Å². The van der Waals surface area contributed by atoms with E-state index in [-0.39, 0.29) is 10.8 Å². The lowest BCUT2D eigenvalue weighted by Gasteiger charge is -2.00. The molecule has 11 heavy (non-hydrogen) atoms. The lowest BCUT2D eigenvalue weighted by atomic mass is 10.4. The zero-order valence-corrected chi connectivity index (χ0v) is 6.59. The van der Waals surface area contributed by atoms with Crippen molar-refractivity contribution in [2.75, 3.05) is 12.4 Å². The lowest BCUT2D eigenvalue weighted by Crippen LogP contribution is -2.00. The van der Waals surface area contributed by atoms with E-state index in [2.05, 4.69) is 15.3 Å². The average Bonchev–Trinajstić information content (AvgIpc) is 2.04. The molecule has 0 aliphatic heterocycles. The Morgan fingerprint density at radius 2 is 2.45 bits per heavy atom. The molecular weight excluding hydrogens is 166 g/mol. The first-order valence-electron chi connectivity index (χ1n) is 2.93. The van der Waals surface area contributed by atoms with Gasteiger partial charge in [0.15, 0.2) is 12.1 Å². The summed E-state index contributed by atoms with van der Waals surface area (Å²) in [6.07, 6.45) is 1.95. The highest BCUT2D eigenvalue weighted by Gasteiger charge is 2.02. The number of aromatic nitrogens is 2. The average molecular weight is 172 g/mol. The SMILES string of the molecule is CNc1nc(Cl)cnc1C=O. The van der Waals surface area contributed by atoms with Gasteiger partial charge in [0.05, 0.1) is 6.20 Å². The van der Waals surface area contributed by atoms with Gasteiger partial charge in [-0.2, -0.15) is 0 Å². The quantitative estimate of drug-likeness (QED) is 0.675. The number of hydrogen-bond acceptors (Lipinski definition) is 4. The molecule has 0 spiro atoms. The van der Waals surface area contributed by atoms with Crippen LogP contribution in [-0.2, 0) is 0 Å². The minimum atomic E-state index is 0.261. The molecule has 0 aliphatic carbocycles. The molecule has 0 saturated heterocycles. The van der Waals surface area contributed by atoms with E-state index in [9.17, 15) is 4.79 Å². The van der Waals surface area contributed by atoms with E-state index < -0.39 is 0 Å². The maximum atomic E-state index is 10.3. The molecule has 0 fully saturated rings. The first-order valence-corrected chi connectivity index (χ1v) is 3.31. The van der Waals surface area contributed by atoms with Crippen molar-refractivity contribution >= 4 is 23.7 Å². The van der Waals surface area contributed by atoms with Gasteiger partial charge in [-0.15, -0.1) is 0 Å². The Morgan fingerprint density at radius 3 is 3.00 bits per heavy atom. The number of carbonyl (C=O) groups excluding carboxylic acids is 1. The summed E-state index contributed by atoms with van der Waals surface area (Å²) >= 11 is 5.52. The molecule has 1 N–H and O–H groups in total. The molecule has 0 radical (unpaired) electrons. The normalized spacial score (nSPS) is 9.27. The van der Waals surface area contributed by atoms with Crippen molar-refractivity contribution in [3.8, 4) is 0 Å². The van der Waals surface area contributed by atoms with Gasteiger partial charge in [-0.05, 0) is 0 Å². The summed E-state index contributed by atoms with van der Waals surface area (Å²) < 4.78 is 0. The van der Waals surface area contributed by atoms with Crippen LogP contribution in [0.5, 0.6) is 0 Å². The third-order valence-corrected chi connectivity index (χ3v) is 1.30. The van der Waals surface area contributed by atoms with Crippen molar-refractivity contribution in [1.82, 2.24) is 9.97 Å².